The molecule has 0 aliphatic rings. The summed E-state index contributed by atoms with van der Waals surface area (Å²) in [7, 11) is 0. The van der Waals surface area contributed by atoms with Crippen LogP contribution < -0.4 is 5.32 Å². The SMILES string of the molecule is C[C@H](OC(=O)[C@@H](Cc1ccccc1)n1cnnn1)C(=O)Nc1cccc(Cl)c1. The van der Waals surface area contributed by atoms with E-state index in [9.17, 15) is 9.59 Å². The molecule has 1 N–H and O–H groups in total. The van der Waals surface area contributed by atoms with E-state index in [1.165, 1.54) is 17.9 Å². The summed E-state index contributed by atoms with van der Waals surface area (Å²) in [6.07, 6.45) is 0.653. The number of esters is 1. The number of rotatable bonds is 7. The van der Waals surface area contributed by atoms with E-state index < -0.39 is 24.0 Å². The Morgan fingerprint density at radius 2 is 1.96 bits per heavy atom. The Bertz CT molecular complexity index is 934. The minimum absolute atomic E-state index is 0.327. The van der Waals surface area contributed by atoms with Gasteiger partial charge in [0.05, 0.1) is 0 Å². The molecule has 8 nitrogen and oxygen atoms in total. The fourth-order valence-electron chi connectivity index (χ4n) is 2.55. The molecule has 1 amide bonds. The second-order valence-corrected chi connectivity index (χ2v) is 6.51. The smallest absolute Gasteiger partial charge is 0.332 e. The van der Waals surface area contributed by atoms with Gasteiger partial charge in [-0.3, -0.25) is 4.79 Å². The van der Waals surface area contributed by atoms with Crippen LogP contribution in [0, 0.1) is 0 Å². The highest BCUT2D eigenvalue weighted by molar-refractivity contribution is 6.30. The summed E-state index contributed by atoms with van der Waals surface area (Å²) >= 11 is 5.91. The molecule has 0 unspecified atom stereocenters. The number of anilines is 1. The van der Waals surface area contributed by atoms with Gasteiger partial charge in [0.15, 0.2) is 12.1 Å². The average Bonchev–Trinajstić information content (AvgIpc) is 3.21. The van der Waals surface area contributed by atoms with Gasteiger partial charge in [0.1, 0.15) is 6.33 Å². The number of benzene rings is 2. The van der Waals surface area contributed by atoms with Crippen LogP contribution in [-0.2, 0) is 20.7 Å². The summed E-state index contributed by atoms with van der Waals surface area (Å²) < 4.78 is 6.69. The maximum atomic E-state index is 12.7. The average molecular weight is 400 g/mol. The third-order valence-corrected chi connectivity index (χ3v) is 4.22. The molecule has 3 rings (SSSR count). The molecule has 0 saturated heterocycles. The molecule has 1 aromatic heterocycles. The van der Waals surface area contributed by atoms with Crippen LogP contribution in [0.3, 0.4) is 0 Å². The number of halogens is 1. The van der Waals surface area contributed by atoms with Gasteiger partial charge in [-0.1, -0.05) is 48.0 Å². The normalized spacial score (nSPS) is 12.8. The van der Waals surface area contributed by atoms with Crippen molar-refractivity contribution >= 4 is 29.2 Å². The molecule has 2 atom stereocenters. The number of aromatic nitrogens is 4. The second kappa shape index (κ2) is 9.09. The molecule has 0 radical (unpaired) electrons. The van der Waals surface area contributed by atoms with Crippen molar-refractivity contribution in [3.63, 3.8) is 0 Å². The van der Waals surface area contributed by atoms with Crippen LogP contribution in [0.4, 0.5) is 5.69 Å². The van der Waals surface area contributed by atoms with Gasteiger partial charge in [0, 0.05) is 17.1 Å². The van der Waals surface area contributed by atoms with Gasteiger partial charge < -0.3 is 10.1 Å². The lowest BCUT2D eigenvalue weighted by atomic mass is 10.1. The number of carbonyl (C=O) groups excluding carboxylic acids is 2. The van der Waals surface area contributed by atoms with Crippen LogP contribution in [0.1, 0.15) is 18.5 Å². The fourth-order valence-corrected chi connectivity index (χ4v) is 2.74. The first-order valence-electron chi connectivity index (χ1n) is 8.56. The molecular weight excluding hydrogens is 382 g/mol. The van der Waals surface area contributed by atoms with Crippen molar-refractivity contribution in [3.8, 4) is 0 Å². The first-order valence-corrected chi connectivity index (χ1v) is 8.94. The molecule has 0 spiro atoms. The van der Waals surface area contributed by atoms with E-state index in [0.29, 0.717) is 17.1 Å². The number of carbonyl (C=O) groups is 2. The summed E-state index contributed by atoms with van der Waals surface area (Å²) in [5.74, 6) is -1.07. The Morgan fingerprint density at radius 3 is 2.64 bits per heavy atom. The maximum absolute atomic E-state index is 12.7. The van der Waals surface area contributed by atoms with Crippen molar-refractivity contribution in [1.29, 1.82) is 0 Å². The van der Waals surface area contributed by atoms with Crippen molar-refractivity contribution < 1.29 is 14.3 Å². The minimum Gasteiger partial charge on any atom is -0.451 e. The molecule has 1 heterocycles. The van der Waals surface area contributed by atoms with Gasteiger partial charge in [-0.15, -0.1) is 5.10 Å². The fraction of sp³-hybridized carbons (Fsp3) is 0.211. The Kier molecular flexibility index (Phi) is 6.33. The Labute approximate surface area is 166 Å². The van der Waals surface area contributed by atoms with Crippen LogP contribution in [0.2, 0.25) is 5.02 Å². The summed E-state index contributed by atoms with van der Waals surface area (Å²) in [4.78, 5) is 25.1. The third-order valence-electron chi connectivity index (χ3n) is 3.98. The van der Waals surface area contributed by atoms with Gasteiger partial charge in [0.25, 0.3) is 5.91 Å². The summed E-state index contributed by atoms with van der Waals surface area (Å²) in [5.41, 5.74) is 1.43. The molecular formula is C19H18ClN5O3. The molecule has 0 saturated carbocycles. The van der Waals surface area contributed by atoms with Gasteiger partial charge in [-0.2, -0.15) is 0 Å². The molecule has 28 heavy (non-hydrogen) atoms. The van der Waals surface area contributed by atoms with Crippen LogP contribution in [-0.4, -0.2) is 38.2 Å². The molecule has 0 aliphatic carbocycles. The summed E-state index contributed by atoms with van der Waals surface area (Å²) in [5, 5.41) is 14.1. The number of tetrazole rings is 1. The van der Waals surface area contributed by atoms with Crippen LogP contribution in [0.5, 0.6) is 0 Å². The number of nitrogens with zero attached hydrogens (tertiary/aromatic N) is 4. The zero-order chi connectivity index (χ0) is 19.9. The van der Waals surface area contributed by atoms with Crippen molar-refractivity contribution in [3.05, 3.63) is 71.5 Å². The second-order valence-electron chi connectivity index (χ2n) is 6.07. The number of nitrogens with one attached hydrogen (secondary N) is 1. The Hall–Kier alpha value is -3.26. The Balaban J connectivity index is 1.67. The first-order chi connectivity index (χ1) is 13.5. The predicted molar refractivity (Wildman–Crippen MR) is 103 cm³/mol. The molecule has 3 aromatic rings. The number of hydrogen-bond donors (Lipinski definition) is 1. The van der Waals surface area contributed by atoms with Crippen LogP contribution in [0.15, 0.2) is 60.9 Å². The highest BCUT2D eigenvalue weighted by Crippen LogP contribution is 2.18. The lowest BCUT2D eigenvalue weighted by Crippen LogP contribution is -2.34. The van der Waals surface area contributed by atoms with Crippen molar-refractivity contribution in [2.75, 3.05) is 5.32 Å². The van der Waals surface area contributed by atoms with E-state index in [4.69, 9.17) is 16.3 Å². The monoisotopic (exact) mass is 399 g/mol. The first kappa shape index (κ1) is 19.5. The Morgan fingerprint density at radius 1 is 1.18 bits per heavy atom. The van der Waals surface area contributed by atoms with Crippen LogP contribution in [0.25, 0.3) is 0 Å². The highest BCUT2D eigenvalue weighted by Gasteiger charge is 2.27. The minimum atomic E-state index is -1.01. The van der Waals surface area contributed by atoms with Crippen molar-refractivity contribution in [1.82, 2.24) is 20.2 Å². The van der Waals surface area contributed by atoms with Gasteiger partial charge in [-0.05, 0) is 41.1 Å². The van der Waals surface area contributed by atoms with Crippen LogP contribution >= 0.6 is 11.6 Å². The van der Waals surface area contributed by atoms with E-state index in [1.807, 2.05) is 30.3 Å². The molecule has 0 bridgehead atoms. The number of hydrogen-bond acceptors (Lipinski definition) is 6. The molecule has 0 fully saturated rings. The van der Waals surface area contributed by atoms with E-state index in [-0.39, 0.29) is 0 Å². The van der Waals surface area contributed by atoms with Gasteiger partial charge >= 0.3 is 5.97 Å². The number of amides is 1. The molecule has 2 aromatic carbocycles. The van der Waals surface area contributed by atoms with Gasteiger partial charge in [0.2, 0.25) is 0 Å². The van der Waals surface area contributed by atoms with Gasteiger partial charge in [-0.25, -0.2) is 9.48 Å². The van der Waals surface area contributed by atoms with E-state index >= 15 is 0 Å². The quantitative estimate of drug-likeness (QED) is 0.613. The van der Waals surface area contributed by atoms with Crippen molar-refractivity contribution in [2.45, 2.75) is 25.5 Å². The molecule has 9 heteroatoms. The standard InChI is InChI=1S/C19H18ClN5O3/c1-13(18(26)22-16-9-5-8-15(20)11-16)28-19(27)17(25-12-21-23-24-25)10-14-6-3-2-4-7-14/h2-9,11-13,17H,10H2,1H3,(H,22,26)/t13-,17+/m0/s1. The summed E-state index contributed by atoms with van der Waals surface area (Å²) in [6.45, 7) is 1.50. The lowest BCUT2D eigenvalue weighted by Gasteiger charge is -2.19. The number of ether oxygens (including phenoxy) is 1. The molecule has 144 valence electrons. The lowest BCUT2D eigenvalue weighted by molar-refractivity contribution is -0.156. The largest absolute Gasteiger partial charge is 0.451 e. The summed E-state index contributed by atoms with van der Waals surface area (Å²) in [6, 6.07) is 15.3. The van der Waals surface area contributed by atoms with E-state index in [0.717, 1.165) is 5.56 Å². The van der Waals surface area contributed by atoms with E-state index in [2.05, 4.69) is 20.8 Å². The topological polar surface area (TPSA) is 99.0 Å². The maximum Gasteiger partial charge on any atom is 0.332 e. The van der Waals surface area contributed by atoms with Crippen molar-refractivity contribution in [2.24, 2.45) is 0 Å². The zero-order valence-corrected chi connectivity index (χ0v) is 15.8. The molecule has 0 aliphatic heterocycles. The van der Waals surface area contributed by atoms with E-state index in [1.54, 1.807) is 24.3 Å². The third kappa shape index (κ3) is 5.14. The highest BCUT2D eigenvalue weighted by atomic mass is 35.5. The zero-order valence-electron chi connectivity index (χ0n) is 15.0. The predicted octanol–water partition coefficient (Wildman–Crippen LogP) is 2.68.